The number of fused-ring (bicyclic) bond motifs is 2. The van der Waals surface area contributed by atoms with E-state index < -0.39 is 11.9 Å². The third-order valence-corrected chi connectivity index (χ3v) is 12.2. The zero-order chi connectivity index (χ0) is 49.6. The van der Waals surface area contributed by atoms with E-state index in [1.54, 1.807) is 0 Å². The van der Waals surface area contributed by atoms with Gasteiger partial charge in [-0.15, -0.1) is 0 Å². The van der Waals surface area contributed by atoms with Gasteiger partial charge in [-0.05, 0) is 159 Å². The number of carboxylic acids is 2. The molecule has 6 aromatic carbocycles. The van der Waals surface area contributed by atoms with E-state index >= 15 is 0 Å². The molecule has 8 rings (SSSR count). The minimum Gasteiger partial charge on any atom is -0.550 e. The molecule has 0 radical (unpaired) electrons. The van der Waals surface area contributed by atoms with Gasteiger partial charge in [0.15, 0.2) is 0 Å². The molecule has 6 aromatic rings. The van der Waals surface area contributed by atoms with Crippen molar-refractivity contribution in [3.63, 3.8) is 0 Å². The summed E-state index contributed by atoms with van der Waals surface area (Å²) in [7, 11) is 0. The van der Waals surface area contributed by atoms with Gasteiger partial charge in [-0.25, -0.2) is 0 Å². The number of aryl methyl sites for hydroxylation is 4. The van der Waals surface area contributed by atoms with Gasteiger partial charge >= 0.3 is 37.7 Å². The summed E-state index contributed by atoms with van der Waals surface area (Å²) < 4.78 is 45.8. The summed E-state index contributed by atoms with van der Waals surface area (Å²) in [6, 6.07) is 36.1. The molecule has 0 N–H and O–H groups in total. The van der Waals surface area contributed by atoms with Gasteiger partial charge in [0.25, 0.3) is 0 Å². The molecule has 2 heterocycles. The van der Waals surface area contributed by atoms with Crippen LogP contribution in [-0.2, 0) is 32.3 Å². The van der Waals surface area contributed by atoms with Crippen LogP contribution in [0.15, 0.2) is 109 Å². The van der Waals surface area contributed by atoms with Crippen molar-refractivity contribution >= 4 is 49.7 Å². The third kappa shape index (κ3) is 15.1. The first-order valence-corrected chi connectivity index (χ1v) is 23.9. The van der Waals surface area contributed by atoms with Crippen LogP contribution in [0, 0.1) is 27.7 Å². The zero-order valence-electron chi connectivity index (χ0n) is 41.6. The number of carboxylic acid groups (broad SMARTS) is 2. The van der Waals surface area contributed by atoms with Crippen molar-refractivity contribution in [1.82, 2.24) is 0 Å². The maximum Gasteiger partial charge on any atom is 2.00 e. The molecular weight excluding hydrogens is 929 g/mol. The second-order valence-corrected chi connectivity index (χ2v) is 17.5. The zero-order valence-corrected chi connectivity index (χ0v) is 43.8. The molecular formula is C58H62CaO12. The standard InChI is InChI=1S/2C29H32O6.Ca/c2*1-4-32-10-11-33-25-12-19(2)29(20(3)13-25)22-7-5-6-21(14-22)17-34-24-8-9-26-23(15-28(30)31)18-35-27(26)16-24;/h2*5-9,12-14,16,23H,4,10-11,15,17-18H2,1-3H3,(H,30,31);/q;;+2/p-2. The number of ether oxygens (including phenoxy) is 8. The Morgan fingerprint density at radius 1 is 0.507 bits per heavy atom. The number of benzene rings is 6. The summed E-state index contributed by atoms with van der Waals surface area (Å²) in [5, 5.41) is 21.9. The molecule has 368 valence electrons. The average molecular weight is 991 g/mol. The Balaban J connectivity index is 0.000000229. The van der Waals surface area contributed by atoms with Crippen LogP contribution >= 0.6 is 0 Å². The fourth-order valence-electron chi connectivity index (χ4n) is 9.05. The summed E-state index contributed by atoms with van der Waals surface area (Å²) in [6.07, 6.45) is -0.0849. The van der Waals surface area contributed by atoms with E-state index in [0.717, 1.165) is 67.1 Å². The van der Waals surface area contributed by atoms with Gasteiger partial charge in [-0.1, -0.05) is 48.5 Å². The first-order valence-electron chi connectivity index (χ1n) is 23.9. The second kappa shape index (κ2) is 26.6. The van der Waals surface area contributed by atoms with Crippen molar-refractivity contribution in [2.45, 2.75) is 79.4 Å². The first-order chi connectivity index (χ1) is 33.9. The molecule has 2 unspecified atom stereocenters. The van der Waals surface area contributed by atoms with Gasteiger partial charge in [0.2, 0.25) is 0 Å². The summed E-state index contributed by atoms with van der Waals surface area (Å²) >= 11 is 0. The average Bonchev–Trinajstić information content (AvgIpc) is 3.92. The molecule has 13 heteroatoms. The fraction of sp³-hybridized carbons (Fsp3) is 0.345. The predicted octanol–water partition coefficient (Wildman–Crippen LogP) is 8.78. The number of aliphatic carboxylic acids is 2. The van der Waals surface area contributed by atoms with E-state index in [4.69, 9.17) is 37.9 Å². The van der Waals surface area contributed by atoms with E-state index in [1.807, 2.05) is 74.5 Å². The normalized spacial score (nSPS) is 14.1. The predicted molar refractivity (Wildman–Crippen MR) is 270 cm³/mol. The van der Waals surface area contributed by atoms with Gasteiger partial charge in [-0.2, -0.15) is 0 Å². The number of carbonyl (C=O) groups is 2. The van der Waals surface area contributed by atoms with Crippen LogP contribution in [0.1, 0.15) is 83.0 Å². The molecule has 0 saturated heterocycles. The molecule has 0 amide bonds. The number of hydrogen-bond acceptors (Lipinski definition) is 12. The smallest absolute Gasteiger partial charge is 0.550 e. The van der Waals surface area contributed by atoms with E-state index in [0.29, 0.717) is 89.1 Å². The molecule has 2 atom stereocenters. The van der Waals surface area contributed by atoms with Gasteiger partial charge in [0.1, 0.15) is 60.9 Å². The SMILES string of the molecule is CCOCCOc1cc(C)c(-c2cccc(COc3ccc4c(c3)OCC4CC(=O)[O-])c2)c(C)c1.CCOCCOc1cc(C)c(-c2cccc(COc3ccc4c(c3)OCC4CC(=O)[O-])c2)c(C)c1.[Ca+2]. The third-order valence-electron chi connectivity index (χ3n) is 12.2. The van der Waals surface area contributed by atoms with Gasteiger partial charge < -0.3 is 57.7 Å². The summed E-state index contributed by atoms with van der Waals surface area (Å²) in [5.74, 6) is 1.94. The van der Waals surface area contributed by atoms with Crippen molar-refractivity contribution in [2.75, 3.05) is 52.9 Å². The van der Waals surface area contributed by atoms with Crippen molar-refractivity contribution in [2.24, 2.45) is 0 Å². The Bertz CT molecular complexity index is 2520. The monoisotopic (exact) mass is 990 g/mol. The quantitative estimate of drug-likeness (QED) is 0.0472. The molecule has 0 fully saturated rings. The molecule has 0 spiro atoms. The van der Waals surface area contributed by atoms with Crippen molar-refractivity contribution < 1.29 is 57.7 Å². The minimum absolute atomic E-state index is 0. The van der Waals surface area contributed by atoms with Crippen LogP contribution in [-0.4, -0.2) is 103 Å². The summed E-state index contributed by atoms with van der Waals surface area (Å²) in [4.78, 5) is 21.9. The Morgan fingerprint density at radius 2 is 0.901 bits per heavy atom. The van der Waals surface area contributed by atoms with Crippen LogP contribution in [0.3, 0.4) is 0 Å². The van der Waals surface area contributed by atoms with Crippen LogP contribution < -0.4 is 38.6 Å². The van der Waals surface area contributed by atoms with Crippen LogP contribution in [0.4, 0.5) is 0 Å². The Labute approximate surface area is 447 Å². The van der Waals surface area contributed by atoms with E-state index in [-0.39, 0.29) is 62.4 Å². The van der Waals surface area contributed by atoms with Gasteiger partial charge in [-0.3, -0.25) is 0 Å². The first kappa shape index (κ1) is 54.6. The molecule has 2 aliphatic rings. The van der Waals surface area contributed by atoms with E-state index in [2.05, 4.69) is 76.2 Å². The topological polar surface area (TPSA) is 154 Å². The maximum atomic E-state index is 10.9. The Hall–Kier alpha value is -5.76. The largest absolute Gasteiger partial charge is 2.00 e. The summed E-state index contributed by atoms with van der Waals surface area (Å²) in [6.45, 7) is 17.4. The van der Waals surface area contributed by atoms with Crippen molar-refractivity contribution in [3.8, 4) is 56.8 Å². The number of carbonyl (C=O) groups excluding carboxylic acids is 2. The fourth-order valence-corrected chi connectivity index (χ4v) is 9.05. The molecule has 12 nitrogen and oxygen atoms in total. The van der Waals surface area contributed by atoms with Crippen molar-refractivity contribution in [1.29, 1.82) is 0 Å². The minimum atomic E-state index is -1.07. The Morgan fingerprint density at radius 3 is 1.27 bits per heavy atom. The van der Waals surface area contributed by atoms with Crippen molar-refractivity contribution in [3.05, 3.63) is 154 Å². The van der Waals surface area contributed by atoms with Crippen LogP contribution in [0.2, 0.25) is 0 Å². The van der Waals surface area contributed by atoms with Crippen LogP contribution in [0.25, 0.3) is 22.3 Å². The number of rotatable bonds is 22. The van der Waals surface area contributed by atoms with Crippen LogP contribution in [0.5, 0.6) is 34.5 Å². The molecule has 0 saturated carbocycles. The Kier molecular flexibility index (Phi) is 20.5. The maximum absolute atomic E-state index is 10.9. The molecule has 2 aliphatic heterocycles. The summed E-state index contributed by atoms with van der Waals surface area (Å²) in [5.41, 5.74) is 13.1. The molecule has 71 heavy (non-hydrogen) atoms. The van der Waals surface area contributed by atoms with Gasteiger partial charge in [0, 0.05) is 60.2 Å². The van der Waals surface area contributed by atoms with Gasteiger partial charge in [0.05, 0.1) is 26.4 Å². The molecule has 0 aromatic heterocycles. The second-order valence-electron chi connectivity index (χ2n) is 17.5. The molecule has 0 aliphatic carbocycles. The van der Waals surface area contributed by atoms with E-state index in [9.17, 15) is 19.8 Å². The van der Waals surface area contributed by atoms with E-state index in [1.165, 1.54) is 11.1 Å². The number of hydrogen-bond donors (Lipinski definition) is 0. The molecule has 0 bridgehead atoms.